The van der Waals surface area contributed by atoms with E-state index in [0.29, 0.717) is 0 Å². The van der Waals surface area contributed by atoms with Gasteiger partial charge in [0.2, 0.25) is 0 Å². The van der Waals surface area contributed by atoms with Crippen LogP contribution in [-0.2, 0) is 0 Å². The second-order valence-corrected chi connectivity index (χ2v) is 12.8. The van der Waals surface area contributed by atoms with Crippen molar-refractivity contribution >= 4 is 73.8 Å². The van der Waals surface area contributed by atoms with Crippen molar-refractivity contribution in [1.82, 2.24) is 0 Å². The Bertz CT molecular complexity index is 63.5. The molecule has 0 aliphatic heterocycles. The zero-order valence-corrected chi connectivity index (χ0v) is 8.80. The molecule has 0 rings (SSSR count). The fourth-order valence-electron chi connectivity index (χ4n) is 0. The molecule has 52 valence electrons. The Morgan fingerprint density at radius 2 is 1.00 bits per heavy atom. The standard InChI is InChI=1S/CHCl6P/c2-1(3,4)8(5,6)7/h8H. The summed E-state index contributed by atoms with van der Waals surface area (Å²) in [5.41, 5.74) is 0. The molecule has 0 saturated heterocycles. The van der Waals surface area contributed by atoms with Crippen LogP contribution in [0.2, 0.25) is 0 Å². The van der Waals surface area contributed by atoms with Crippen molar-refractivity contribution in [2.75, 3.05) is 0 Å². The molecular formula is CHCl6P. The van der Waals surface area contributed by atoms with E-state index in [9.17, 15) is 0 Å². The summed E-state index contributed by atoms with van der Waals surface area (Å²) in [5, 5.41) is -3.15. The summed E-state index contributed by atoms with van der Waals surface area (Å²) < 4.78 is -1.71. The van der Waals surface area contributed by atoms with Crippen LogP contribution in [0, 0.1) is 0 Å². The summed E-state index contributed by atoms with van der Waals surface area (Å²) in [6, 6.07) is 0. The van der Waals surface area contributed by atoms with E-state index in [2.05, 4.69) is 0 Å². The van der Waals surface area contributed by atoms with Gasteiger partial charge in [0.1, 0.15) is 0 Å². The summed E-state index contributed by atoms with van der Waals surface area (Å²) in [5.74, 6) is 0. The van der Waals surface area contributed by atoms with E-state index in [4.69, 9.17) is 68.5 Å². The van der Waals surface area contributed by atoms with Crippen LogP contribution in [-0.4, -0.2) is 3.53 Å². The summed E-state index contributed by atoms with van der Waals surface area (Å²) >= 11 is 31.5. The zero-order valence-electron chi connectivity index (χ0n) is 3.27. The molecule has 0 bridgehead atoms. The van der Waals surface area contributed by atoms with Gasteiger partial charge in [0.15, 0.2) is 0 Å². The average Bonchev–Trinajstić information content (AvgIpc) is 1.25. The summed E-state index contributed by atoms with van der Waals surface area (Å²) in [6.07, 6.45) is 0. The maximum atomic E-state index is 5.28. The Morgan fingerprint density at radius 3 is 1.00 bits per heavy atom. The Labute approximate surface area is 77.0 Å². The van der Waals surface area contributed by atoms with Crippen molar-refractivity contribution in [1.29, 1.82) is 0 Å². The molecule has 0 saturated carbocycles. The zero-order chi connectivity index (χ0) is 7.00. The van der Waals surface area contributed by atoms with Crippen molar-refractivity contribution in [2.24, 2.45) is 0 Å². The molecule has 7 heteroatoms. The number of halogens is 6. The second-order valence-electron chi connectivity index (χ2n) is 0.996. The molecule has 0 spiro atoms. The first-order chi connectivity index (χ1) is 3.25. The molecule has 0 aliphatic rings. The molecule has 0 aliphatic carbocycles. The molecule has 0 nitrogen and oxygen atoms in total. The van der Waals surface area contributed by atoms with E-state index >= 15 is 0 Å². The van der Waals surface area contributed by atoms with Gasteiger partial charge in [0, 0.05) is 0 Å². The maximum absolute atomic E-state index is 5.28. The Balaban J connectivity index is 4.02. The molecule has 0 N–H and O–H groups in total. The van der Waals surface area contributed by atoms with Crippen LogP contribution in [0.15, 0.2) is 0 Å². The molecule has 0 aromatic heterocycles. The summed E-state index contributed by atoms with van der Waals surface area (Å²) in [4.78, 5) is 0. The number of hydrogen-bond donors (Lipinski definition) is 0. The average molecular weight is 257 g/mol. The number of alkyl halides is 3. The van der Waals surface area contributed by atoms with Crippen LogP contribution >= 0.6 is 73.8 Å². The molecule has 0 atom stereocenters. The second kappa shape index (κ2) is 3.05. The van der Waals surface area contributed by atoms with Crippen LogP contribution in [0.4, 0.5) is 0 Å². The molecule has 0 amide bonds. The molecule has 0 unspecified atom stereocenters. The topological polar surface area (TPSA) is 0 Å². The summed E-state index contributed by atoms with van der Waals surface area (Å²) in [7, 11) is 0. The minimum absolute atomic E-state index is 1.71. The van der Waals surface area contributed by atoms with Crippen LogP contribution < -0.4 is 0 Å². The fourth-order valence-corrected chi connectivity index (χ4v) is 0. The van der Waals surface area contributed by atoms with Gasteiger partial charge in [0.05, 0.1) is 0 Å². The third-order valence-electron chi connectivity index (χ3n) is 0.321. The molecule has 0 aromatic carbocycles. The predicted molar refractivity (Wildman–Crippen MR) is 46.2 cm³/mol. The van der Waals surface area contributed by atoms with Gasteiger partial charge in [-0.1, -0.05) is 0 Å². The van der Waals surface area contributed by atoms with E-state index in [1.54, 1.807) is 0 Å². The van der Waals surface area contributed by atoms with Crippen LogP contribution in [0.5, 0.6) is 0 Å². The van der Waals surface area contributed by atoms with E-state index in [-0.39, 0.29) is 0 Å². The van der Waals surface area contributed by atoms with Gasteiger partial charge in [-0.25, -0.2) is 0 Å². The molecule has 0 fully saturated rings. The molecule has 8 heavy (non-hydrogen) atoms. The van der Waals surface area contributed by atoms with Gasteiger partial charge in [-0.05, 0) is 0 Å². The van der Waals surface area contributed by atoms with Crippen LogP contribution in [0.3, 0.4) is 0 Å². The number of rotatable bonds is 0. The van der Waals surface area contributed by atoms with Crippen molar-refractivity contribution in [2.45, 2.75) is 3.53 Å². The van der Waals surface area contributed by atoms with Crippen LogP contribution in [0.1, 0.15) is 0 Å². The third-order valence-corrected chi connectivity index (χ3v) is 8.68. The Morgan fingerprint density at radius 1 is 0.875 bits per heavy atom. The molecule has 0 heterocycles. The first kappa shape index (κ1) is 10.2. The monoisotopic (exact) mass is 254 g/mol. The van der Waals surface area contributed by atoms with Gasteiger partial charge in [0.25, 0.3) is 0 Å². The van der Waals surface area contributed by atoms with E-state index in [0.717, 1.165) is 0 Å². The van der Waals surface area contributed by atoms with E-state index < -0.39 is 8.85 Å². The van der Waals surface area contributed by atoms with Gasteiger partial charge < -0.3 is 0 Å². The third kappa shape index (κ3) is 3.37. The fraction of sp³-hybridized carbons (Fsp3) is 1.00. The van der Waals surface area contributed by atoms with Crippen molar-refractivity contribution < 1.29 is 0 Å². The first-order valence-corrected chi connectivity index (χ1v) is 7.55. The normalized spacial score (nSPS) is 16.2. The molecular weight excluding hydrogens is 256 g/mol. The number of hydrogen-bond acceptors (Lipinski definition) is 0. The molecule has 0 radical (unpaired) electrons. The van der Waals surface area contributed by atoms with Gasteiger partial charge >= 0.3 is 77.4 Å². The van der Waals surface area contributed by atoms with Gasteiger partial charge in [-0.3, -0.25) is 0 Å². The van der Waals surface area contributed by atoms with E-state index in [1.807, 2.05) is 0 Å². The van der Waals surface area contributed by atoms with Crippen molar-refractivity contribution in [3.05, 3.63) is 0 Å². The summed E-state index contributed by atoms with van der Waals surface area (Å²) in [6.45, 7) is 0. The quantitative estimate of drug-likeness (QED) is 0.441. The van der Waals surface area contributed by atoms with E-state index in [1.165, 1.54) is 0 Å². The van der Waals surface area contributed by atoms with Crippen molar-refractivity contribution in [3.8, 4) is 0 Å². The van der Waals surface area contributed by atoms with Gasteiger partial charge in [-0.15, -0.1) is 0 Å². The Hall–Kier alpha value is 2.17. The minimum atomic E-state index is -3.15. The van der Waals surface area contributed by atoms with Crippen LogP contribution in [0.25, 0.3) is 0 Å². The van der Waals surface area contributed by atoms with Crippen molar-refractivity contribution in [3.63, 3.8) is 0 Å². The molecule has 0 aromatic rings. The predicted octanol–water partition coefficient (Wildman–Crippen LogP) is 4.53. The van der Waals surface area contributed by atoms with Gasteiger partial charge in [-0.2, -0.15) is 0 Å². The Kier molecular flexibility index (Phi) is 3.88. The SMILES string of the molecule is ClC(Cl)(Cl)[PH](Cl)(Cl)Cl. The first-order valence-electron chi connectivity index (χ1n) is 1.38.